The highest BCUT2D eigenvalue weighted by Gasteiger charge is 2.19. The number of carboxylic acids is 1. The molecule has 1 N–H and O–H groups in total. The number of carbonyl (C=O) groups is 1. The largest absolute Gasteiger partial charge is 0.480 e. The molecule has 92 valence electrons. The molecule has 5 nitrogen and oxygen atoms in total. The maximum absolute atomic E-state index is 10.6. The molecule has 17 heavy (non-hydrogen) atoms. The first-order valence-electron chi connectivity index (χ1n) is 5.46. The smallest absolute Gasteiger partial charge is 0.317 e. The van der Waals surface area contributed by atoms with E-state index >= 15 is 0 Å². The van der Waals surface area contributed by atoms with Crippen LogP contribution in [0, 0.1) is 0 Å². The highest BCUT2D eigenvalue weighted by Crippen LogP contribution is 2.16. The van der Waals surface area contributed by atoms with Crippen LogP contribution in [-0.2, 0) is 4.79 Å². The van der Waals surface area contributed by atoms with Crippen molar-refractivity contribution in [3.63, 3.8) is 0 Å². The summed E-state index contributed by atoms with van der Waals surface area (Å²) in [6.07, 6.45) is 1.78. The van der Waals surface area contributed by atoms with Crippen LogP contribution in [0.4, 0.5) is 5.82 Å². The molecule has 0 radical (unpaired) electrons. The minimum absolute atomic E-state index is 0.127. The van der Waals surface area contributed by atoms with Gasteiger partial charge in [-0.05, 0) is 28.1 Å². The van der Waals surface area contributed by atoms with Gasteiger partial charge in [0.2, 0.25) is 0 Å². The molecule has 0 aliphatic carbocycles. The Labute approximate surface area is 108 Å². The van der Waals surface area contributed by atoms with Crippen LogP contribution < -0.4 is 4.90 Å². The van der Waals surface area contributed by atoms with Crippen molar-refractivity contribution in [2.24, 2.45) is 0 Å². The Balaban J connectivity index is 1.90. The van der Waals surface area contributed by atoms with E-state index in [1.54, 1.807) is 6.20 Å². The van der Waals surface area contributed by atoms with Crippen molar-refractivity contribution in [3.05, 3.63) is 22.8 Å². The van der Waals surface area contributed by atoms with Crippen LogP contribution in [0.5, 0.6) is 0 Å². The Morgan fingerprint density at radius 2 is 2.06 bits per heavy atom. The van der Waals surface area contributed by atoms with Gasteiger partial charge in [0, 0.05) is 36.8 Å². The number of anilines is 1. The number of nitrogens with zero attached hydrogens (tertiary/aromatic N) is 3. The lowest BCUT2D eigenvalue weighted by atomic mass is 10.3. The molecular formula is C11H14BrN3O2. The van der Waals surface area contributed by atoms with Gasteiger partial charge in [-0.25, -0.2) is 4.98 Å². The van der Waals surface area contributed by atoms with Crippen molar-refractivity contribution in [1.29, 1.82) is 0 Å². The number of pyridine rings is 1. The third-order valence-electron chi connectivity index (χ3n) is 2.77. The van der Waals surface area contributed by atoms with Crippen molar-refractivity contribution in [2.45, 2.75) is 0 Å². The second kappa shape index (κ2) is 5.46. The minimum Gasteiger partial charge on any atom is -0.480 e. The summed E-state index contributed by atoms with van der Waals surface area (Å²) in [7, 11) is 0. The molecule has 2 heterocycles. The lowest BCUT2D eigenvalue weighted by Gasteiger charge is -2.34. The van der Waals surface area contributed by atoms with Crippen molar-refractivity contribution in [2.75, 3.05) is 37.6 Å². The summed E-state index contributed by atoms with van der Waals surface area (Å²) >= 11 is 3.35. The van der Waals surface area contributed by atoms with Gasteiger partial charge in [0.1, 0.15) is 5.82 Å². The molecule has 1 aliphatic rings. The summed E-state index contributed by atoms with van der Waals surface area (Å²) in [5.74, 6) is 0.184. The lowest BCUT2D eigenvalue weighted by Crippen LogP contribution is -2.48. The van der Waals surface area contributed by atoms with Crippen LogP contribution in [0.2, 0.25) is 0 Å². The lowest BCUT2D eigenvalue weighted by molar-refractivity contribution is -0.138. The van der Waals surface area contributed by atoms with E-state index in [0.29, 0.717) is 0 Å². The highest BCUT2D eigenvalue weighted by molar-refractivity contribution is 9.10. The Hall–Kier alpha value is -1.14. The molecule has 1 aliphatic heterocycles. The SMILES string of the molecule is O=C(O)CN1CCN(c2ccc(Br)cn2)CC1. The Morgan fingerprint density at radius 3 is 2.59 bits per heavy atom. The van der Waals surface area contributed by atoms with Gasteiger partial charge in [-0.1, -0.05) is 0 Å². The zero-order valence-electron chi connectivity index (χ0n) is 9.34. The third kappa shape index (κ3) is 3.41. The summed E-state index contributed by atoms with van der Waals surface area (Å²) in [6.45, 7) is 3.31. The van der Waals surface area contributed by atoms with Gasteiger partial charge >= 0.3 is 5.97 Å². The van der Waals surface area contributed by atoms with Gasteiger partial charge in [-0.15, -0.1) is 0 Å². The first-order valence-corrected chi connectivity index (χ1v) is 6.25. The monoisotopic (exact) mass is 299 g/mol. The van der Waals surface area contributed by atoms with Crippen LogP contribution in [0.25, 0.3) is 0 Å². The van der Waals surface area contributed by atoms with Gasteiger partial charge in [0.15, 0.2) is 0 Å². The van der Waals surface area contributed by atoms with E-state index in [9.17, 15) is 4.79 Å². The van der Waals surface area contributed by atoms with E-state index in [1.807, 2.05) is 17.0 Å². The maximum Gasteiger partial charge on any atom is 0.317 e. The summed E-state index contributed by atoms with van der Waals surface area (Å²) in [4.78, 5) is 19.0. The summed E-state index contributed by atoms with van der Waals surface area (Å²) in [5, 5.41) is 8.71. The first-order chi connectivity index (χ1) is 8.15. The van der Waals surface area contributed by atoms with Crippen LogP contribution in [-0.4, -0.2) is 53.7 Å². The molecule has 1 aromatic heterocycles. The molecule has 0 unspecified atom stereocenters. The Morgan fingerprint density at radius 1 is 1.35 bits per heavy atom. The van der Waals surface area contributed by atoms with Crippen LogP contribution in [0.15, 0.2) is 22.8 Å². The number of hydrogen-bond donors (Lipinski definition) is 1. The number of hydrogen-bond acceptors (Lipinski definition) is 4. The van der Waals surface area contributed by atoms with Gasteiger partial charge < -0.3 is 10.0 Å². The topological polar surface area (TPSA) is 56.7 Å². The van der Waals surface area contributed by atoms with Crippen LogP contribution in [0.1, 0.15) is 0 Å². The quantitative estimate of drug-likeness (QED) is 0.904. The summed E-state index contributed by atoms with van der Waals surface area (Å²) in [6, 6.07) is 3.93. The van der Waals surface area contributed by atoms with Crippen LogP contribution in [0.3, 0.4) is 0 Å². The minimum atomic E-state index is -0.764. The van der Waals surface area contributed by atoms with E-state index in [1.165, 1.54) is 0 Å². The zero-order chi connectivity index (χ0) is 12.3. The number of piperazine rings is 1. The van der Waals surface area contributed by atoms with E-state index in [2.05, 4.69) is 25.8 Å². The first kappa shape index (κ1) is 12.3. The molecule has 0 saturated carbocycles. The normalized spacial score (nSPS) is 17.1. The van der Waals surface area contributed by atoms with Crippen molar-refractivity contribution in [3.8, 4) is 0 Å². The zero-order valence-corrected chi connectivity index (χ0v) is 10.9. The molecule has 2 rings (SSSR count). The molecule has 0 amide bonds. The standard InChI is InChI=1S/C11H14BrN3O2/c12-9-1-2-10(13-7-9)15-5-3-14(4-6-15)8-11(16)17/h1-2,7H,3-6,8H2,(H,16,17). The van der Waals surface area contributed by atoms with Crippen molar-refractivity contribution in [1.82, 2.24) is 9.88 Å². The van der Waals surface area contributed by atoms with E-state index < -0.39 is 5.97 Å². The predicted molar refractivity (Wildman–Crippen MR) is 68.2 cm³/mol. The van der Waals surface area contributed by atoms with E-state index in [-0.39, 0.29) is 6.54 Å². The van der Waals surface area contributed by atoms with Gasteiger partial charge in [-0.2, -0.15) is 0 Å². The number of aliphatic carboxylic acids is 1. The third-order valence-corrected chi connectivity index (χ3v) is 3.24. The summed E-state index contributed by atoms with van der Waals surface area (Å²) < 4.78 is 0.964. The fourth-order valence-electron chi connectivity index (χ4n) is 1.88. The number of carboxylic acid groups (broad SMARTS) is 1. The molecule has 1 aromatic rings. The molecular weight excluding hydrogens is 286 g/mol. The van der Waals surface area contributed by atoms with Crippen molar-refractivity contribution < 1.29 is 9.90 Å². The second-order valence-corrected chi connectivity index (χ2v) is 4.91. The molecule has 0 bridgehead atoms. The maximum atomic E-state index is 10.6. The molecule has 6 heteroatoms. The molecule has 1 saturated heterocycles. The average Bonchev–Trinajstić information content (AvgIpc) is 2.30. The fourth-order valence-corrected chi connectivity index (χ4v) is 2.12. The fraction of sp³-hybridized carbons (Fsp3) is 0.455. The van der Waals surface area contributed by atoms with E-state index in [0.717, 1.165) is 36.5 Å². The van der Waals surface area contributed by atoms with Gasteiger partial charge in [0.25, 0.3) is 0 Å². The number of rotatable bonds is 3. The Bertz CT molecular complexity index is 388. The molecule has 1 fully saturated rings. The average molecular weight is 300 g/mol. The molecule has 0 aromatic carbocycles. The van der Waals surface area contributed by atoms with Crippen LogP contribution >= 0.6 is 15.9 Å². The molecule has 0 spiro atoms. The molecule has 0 atom stereocenters. The van der Waals surface area contributed by atoms with Crippen molar-refractivity contribution >= 4 is 27.7 Å². The van der Waals surface area contributed by atoms with Gasteiger partial charge in [0.05, 0.1) is 6.54 Å². The van der Waals surface area contributed by atoms with E-state index in [4.69, 9.17) is 5.11 Å². The summed E-state index contributed by atoms with van der Waals surface area (Å²) in [5.41, 5.74) is 0. The predicted octanol–water partition coefficient (Wildman–Crippen LogP) is 1.05. The number of halogens is 1. The Kier molecular flexibility index (Phi) is 3.96. The second-order valence-electron chi connectivity index (χ2n) is 3.99. The number of aromatic nitrogens is 1. The van der Waals surface area contributed by atoms with Gasteiger partial charge in [-0.3, -0.25) is 9.69 Å². The highest BCUT2D eigenvalue weighted by atomic mass is 79.9.